The zero-order chi connectivity index (χ0) is 8.53. The van der Waals surface area contributed by atoms with Gasteiger partial charge in [0.2, 0.25) is 0 Å². The number of rotatable bonds is 7. The molecule has 0 N–H and O–H groups in total. The van der Waals surface area contributed by atoms with Gasteiger partial charge in [0.1, 0.15) is 0 Å². The summed E-state index contributed by atoms with van der Waals surface area (Å²) in [6, 6.07) is 0. The molecule has 0 saturated carbocycles. The lowest BCUT2D eigenvalue weighted by molar-refractivity contribution is 0.540. The molecule has 0 bridgehead atoms. The highest BCUT2D eigenvalue weighted by atomic mass is 14.1. The summed E-state index contributed by atoms with van der Waals surface area (Å²) >= 11 is 0. The molecule has 0 aliphatic rings. The van der Waals surface area contributed by atoms with Crippen LogP contribution in [0.1, 0.15) is 59.3 Å². The summed E-state index contributed by atoms with van der Waals surface area (Å²) in [5, 5.41) is 0. The fraction of sp³-hybridized carbons (Fsp3) is 0.909. The zero-order valence-electron chi connectivity index (χ0n) is 8.32. The smallest absolute Gasteiger partial charge is 0.0143 e. The molecule has 0 spiro atoms. The molecule has 0 aromatic heterocycles. The van der Waals surface area contributed by atoms with Crippen molar-refractivity contribution in [2.24, 2.45) is 5.92 Å². The normalized spacial score (nSPS) is 13.4. The number of unbranched alkanes of at least 4 members (excludes halogenated alkanes) is 3. The molecule has 66 valence electrons. The molecule has 0 fully saturated rings. The lowest BCUT2D eigenvalue weighted by Gasteiger charge is -2.08. The second kappa shape index (κ2) is 8.10. The van der Waals surface area contributed by atoms with Crippen LogP contribution in [0, 0.1) is 12.3 Å². The first kappa shape index (κ1) is 11.0. The van der Waals surface area contributed by atoms with Crippen LogP contribution in [0.5, 0.6) is 0 Å². The average molecular weight is 154 g/mol. The van der Waals surface area contributed by atoms with E-state index in [1.54, 1.807) is 0 Å². The molecule has 0 aromatic carbocycles. The predicted molar refractivity (Wildman–Crippen MR) is 51.5 cm³/mol. The van der Waals surface area contributed by atoms with Crippen molar-refractivity contribution in [3.8, 4) is 0 Å². The lowest BCUT2D eigenvalue weighted by atomic mass is 9.98. The van der Waals surface area contributed by atoms with Crippen LogP contribution >= 0.6 is 0 Å². The van der Waals surface area contributed by atoms with Crippen molar-refractivity contribution in [1.29, 1.82) is 0 Å². The highest BCUT2D eigenvalue weighted by Crippen LogP contribution is 2.14. The Kier molecular flexibility index (Phi) is 8.10. The van der Waals surface area contributed by atoms with Crippen molar-refractivity contribution in [1.82, 2.24) is 0 Å². The third kappa shape index (κ3) is 7.90. The van der Waals surface area contributed by atoms with Crippen LogP contribution in [0.2, 0.25) is 0 Å². The van der Waals surface area contributed by atoms with Crippen molar-refractivity contribution in [3.63, 3.8) is 0 Å². The van der Waals surface area contributed by atoms with Gasteiger partial charge in [0, 0.05) is 0 Å². The second-order valence-electron chi connectivity index (χ2n) is 3.35. The summed E-state index contributed by atoms with van der Waals surface area (Å²) in [5.41, 5.74) is 0. The Bertz CT molecular complexity index is 66.4. The van der Waals surface area contributed by atoms with Crippen LogP contribution < -0.4 is 0 Å². The maximum absolute atomic E-state index is 3.52. The van der Waals surface area contributed by atoms with Gasteiger partial charge in [0.05, 0.1) is 0 Å². The van der Waals surface area contributed by atoms with E-state index < -0.39 is 0 Å². The van der Waals surface area contributed by atoms with Crippen molar-refractivity contribution >= 4 is 0 Å². The Labute approximate surface area is 72.4 Å². The van der Waals surface area contributed by atoms with E-state index in [9.17, 15) is 0 Å². The van der Waals surface area contributed by atoms with E-state index in [0.29, 0.717) is 0 Å². The average Bonchev–Trinajstić information content (AvgIpc) is 2.01. The molecule has 0 heteroatoms. The zero-order valence-corrected chi connectivity index (χ0v) is 8.32. The molecule has 0 aromatic rings. The summed E-state index contributed by atoms with van der Waals surface area (Å²) in [4.78, 5) is 0. The molecule has 0 saturated heterocycles. The Morgan fingerprint density at radius 3 is 2.27 bits per heavy atom. The highest BCUT2D eigenvalue weighted by molar-refractivity contribution is 4.71. The lowest BCUT2D eigenvalue weighted by Crippen LogP contribution is -1.95. The molecular weight excluding hydrogens is 132 g/mol. The number of hydrogen-bond acceptors (Lipinski definition) is 0. The Balaban J connectivity index is 3.02. The van der Waals surface area contributed by atoms with Crippen molar-refractivity contribution < 1.29 is 0 Å². The van der Waals surface area contributed by atoms with Gasteiger partial charge in [-0.1, -0.05) is 52.9 Å². The van der Waals surface area contributed by atoms with Gasteiger partial charge in [-0.15, -0.1) is 0 Å². The Morgan fingerprint density at radius 1 is 1.09 bits per heavy atom. The first-order valence-electron chi connectivity index (χ1n) is 5.04. The summed E-state index contributed by atoms with van der Waals surface area (Å²) in [6.45, 7) is 6.77. The van der Waals surface area contributed by atoms with Gasteiger partial charge in [-0.2, -0.15) is 0 Å². The molecule has 0 nitrogen and oxygen atoms in total. The van der Waals surface area contributed by atoms with Gasteiger partial charge in [-0.25, -0.2) is 0 Å². The van der Waals surface area contributed by atoms with E-state index in [0.717, 1.165) is 5.92 Å². The summed E-state index contributed by atoms with van der Waals surface area (Å²) in [6.07, 6.45) is 11.3. The maximum atomic E-state index is 3.52. The van der Waals surface area contributed by atoms with Crippen LogP contribution in [0.4, 0.5) is 0 Å². The van der Waals surface area contributed by atoms with E-state index in [4.69, 9.17) is 0 Å². The monoisotopic (exact) mass is 154 g/mol. The standard InChI is InChI=1S/C11H22/c1-4-6-8-10-11(3)9-7-5-2/h11H,4-9H2,1-3H3. The first-order chi connectivity index (χ1) is 5.31. The molecular formula is C11H22. The first-order valence-corrected chi connectivity index (χ1v) is 5.04. The quantitative estimate of drug-likeness (QED) is 0.485. The fourth-order valence-corrected chi connectivity index (χ4v) is 1.14. The van der Waals surface area contributed by atoms with Crippen molar-refractivity contribution in [2.75, 3.05) is 0 Å². The Hall–Kier alpha value is 0. The molecule has 1 atom stereocenters. The second-order valence-corrected chi connectivity index (χ2v) is 3.35. The van der Waals surface area contributed by atoms with Crippen LogP contribution in [0.3, 0.4) is 0 Å². The summed E-state index contributed by atoms with van der Waals surface area (Å²) in [5.74, 6) is 0.724. The van der Waals surface area contributed by atoms with Gasteiger partial charge >= 0.3 is 0 Å². The largest absolute Gasteiger partial charge is 0.0654 e. The van der Waals surface area contributed by atoms with Gasteiger partial charge in [-0.05, 0) is 18.8 Å². The van der Waals surface area contributed by atoms with Gasteiger partial charge < -0.3 is 0 Å². The minimum absolute atomic E-state index is 0.724. The maximum Gasteiger partial charge on any atom is -0.0143 e. The molecule has 0 amide bonds. The molecule has 0 aliphatic heterocycles. The molecule has 1 unspecified atom stereocenters. The molecule has 11 heavy (non-hydrogen) atoms. The van der Waals surface area contributed by atoms with Gasteiger partial charge in [0.25, 0.3) is 0 Å². The third-order valence-corrected chi connectivity index (χ3v) is 2.01. The van der Waals surface area contributed by atoms with Gasteiger partial charge in [-0.3, -0.25) is 0 Å². The minimum Gasteiger partial charge on any atom is -0.0654 e. The molecule has 0 rings (SSSR count). The van der Waals surface area contributed by atoms with E-state index in [2.05, 4.69) is 27.2 Å². The van der Waals surface area contributed by atoms with Crippen molar-refractivity contribution in [2.45, 2.75) is 59.3 Å². The van der Waals surface area contributed by atoms with E-state index in [-0.39, 0.29) is 0 Å². The van der Waals surface area contributed by atoms with E-state index in [1.807, 2.05) is 0 Å². The van der Waals surface area contributed by atoms with Crippen LogP contribution in [0.15, 0.2) is 0 Å². The van der Waals surface area contributed by atoms with Crippen molar-refractivity contribution in [3.05, 3.63) is 6.42 Å². The molecule has 0 aliphatic carbocycles. The highest BCUT2D eigenvalue weighted by Gasteiger charge is 2.00. The Morgan fingerprint density at radius 2 is 1.73 bits per heavy atom. The molecule has 2 radical (unpaired) electrons. The predicted octanol–water partition coefficient (Wildman–Crippen LogP) is 4.08. The number of hydrogen-bond donors (Lipinski definition) is 0. The van der Waals surface area contributed by atoms with Crippen LogP contribution in [0.25, 0.3) is 0 Å². The summed E-state index contributed by atoms with van der Waals surface area (Å²) in [7, 11) is 0. The van der Waals surface area contributed by atoms with E-state index >= 15 is 0 Å². The minimum atomic E-state index is 0.724. The third-order valence-electron chi connectivity index (χ3n) is 2.01. The fourth-order valence-electron chi connectivity index (χ4n) is 1.14. The van der Waals surface area contributed by atoms with Crippen LogP contribution in [-0.2, 0) is 0 Å². The van der Waals surface area contributed by atoms with Gasteiger partial charge in [0.15, 0.2) is 0 Å². The summed E-state index contributed by atoms with van der Waals surface area (Å²) < 4.78 is 0. The van der Waals surface area contributed by atoms with E-state index in [1.165, 1.54) is 38.5 Å². The van der Waals surface area contributed by atoms with Crippen LogP contribution in [-0.4, -0.2) is 0 Å². The molecule has 0 heterocycles. The SMILES string of the molecule is CCCC[C]C(C)CCCC. The topological polar surface area (TPSA) is 0 Å².